The molecule has 2 rings (SSSR count). The summed E-state index contributed by atoms with van der Waals surface area (Å²) in [6, 6.07) is 6.63. The highest BCUT2D eigenvalue weighted by atomic mass is 16.6. The first-order valence-electron chi connectivity index (χ1n) is 10.2. The lowest BCUT2D eigenvalue weighted by Gasteiger charge is -2.34. The summed E-state index contributed by atoms with van der Waals surface area (Å²) in [5.74, 6) is 0.929. The third-order valence-electron chi connectivity index (χ3n) is 4.57. The molecule has 0 aliphatic carbocycles. The lowest BCUT2D eigenvalue weighted by Crippen LogP contribution is -2.50. The van der Waals surface area contributed by atoms with Crippen molar-refractivity contribution in [3.63, 3.8) is 0 Å². The van der Waals surface area contributed by atoms with Crippen molar-refractivity contribution in [2.45, 2.75) is 64.5 Å². The first-order valence-corrected chi connectivity index (χ1v) is 10.2. The smallest absolute Gasteiger partial charge is 0.413 e. The van der Waals surface area contributed by atoms with E-state index < -0.39 is 35.5 Å². The van der Waals surface area contributed by atoms with Crippen LogP contribution in [0.3, 0.4) is 0 Å². The Bertz CT molecular complexity index is 780. The van der Waals surface area contributed by atoms with Gasteiger partial charge in [-0.2, -0.15) is 0 Å². The van der Waals surface area contributed by atoms with Crippen LogP contribution in [0.15, 0.2) is 36.4 Å². The van der Waals surface area contributed by atoms with Gasteiger partial charge in [0.25, 0.3) is 0 Å². The Hall–Kier alpha value is -2.74. The van der Waals surface area contributed by atoms with E-state index in [1.165, 1.54) is 12.0 Å². The van der Waals surface area contributed by atoms with Crippen molar-refractivity contribution in [1.29, 1.82) is 0 Å². The fourth-order valence-electron chi connectivity index (χ4n) is 3.23. The number of rotatable bonds is 7. The average Bonchev–Trinajstić information content (AvgIpc) is 2.96. The summed E-state index contributed by atoms with van der Waals surface area (Å²) in [4.78, 5) is 26.6. The van der Waals surface area contributed by atoms with Gasteiger partial charge in [-0.15, -0.1) is 0 Å². The zero-order valence-corrected chi connectivity index (χ0v) is 19.3. The van der Waals surface area contributed by atoms with Crippen molar-refractivity contribution in [3.8, 4) is 11.5 Å². The van der Waals surface area contributed by atoms with Crippen LogP contribution in [0.4, 0.5) is 4.79 Å². The van der Waals surface area contributed by atoms with Crippen LogP contribution in [0.1, 0.15) is 41.0 Å². The molecule has 1 aromatic rings. The molecule has 0 saturated carbocycles. The molecule has 1 fully saturated rings. The predicted octanol–water partition coefficient (Wildman–Crippen LogP) is 3.93. The third kappa shape index (κ3) is 6.62. The van der Waals surface area contributed by atoms with E-state index in [0.717, 1.165) is 11.5 Å². The molecule has 1 aliphatic heterocycles. The third-order valence-corrected chi connectivity index (χ3v) is 4.57. The number of hydrogen-bond donors (Lipinski definition) is 0. The molecule has 8 heteroatoms. The molecule has 0 aromatic heterocycles. The number of methoxy groups -OCH3 is 2. The van der Waals surface area contributed by atoms with Gasteiger partial charge in [-0.25, -0.2) is 9.59 Å². The molecule has 31 heavy (non-hydrogen) atoms. The average molecular weight is 436 g/mol. The number of nitrogens with zero attached hydrogens (tertiary/aromatic N) is 1. The van der Waals surface area contributed by atoms with Gasteiger partial charge in [-0.1, -0.05) is 12.2 Å². The molecule has 0 radical (unpaired) electrons. The maximum atomic E-state index is 12.9. The molecule has 1 saturated heterocycles. The van der Waals surface area contributed by atoms with Crippen LogP contribution in [0, 0.1) is 0 Å². The molecule has 0 bridgehead atoms. The molecule has 1 amide bonds. The van der Waals surface area contributed by atoms with Crippen molar-refractivity contribution in [3.05, 3.63) is 36.4 Å². The number of ether oxygens (including phenoxy) is 5. The number of carbonyl (C=O) groups excluding carboxylic acids is 2. The van der Waals surface area contributed by atoms with Crippen LogP contribution in [-0.4, -0.2) is 61.3 Å². The topological polar surface area (TPSA) is 83.5 Å². The van der Waals surface area contributed by atoms with Crippen LogP contribution < -0.4 is 9.47 Å². The Labute approximate surface area is 184 Å². The van der Waals surface area contributed by atoms with E-state index in [1.54, 1.807) is 47.8 Å². The number of hydrogen-bond acceptors (Lipinski definition) is 7. The maximum Gasteiger partial charge on any atom is 0.413 e. The molecule has 1 heterocycles. The fraction of sp³-hybridized carbons (Fsp3) is 0.565. The summed E-state index contributed by atoms with van der Waals surface area (Å²) in [5, 5.41) is 0. The predicted molar refractivity (Wildman–Crippen MR) is 115 cm³/mol. The Balaban J connectivity index is 2.09. The molecular formula is C23H33NO7. The highest BCUT2D eigenvalue weighted by Crippen LogP contribution is 2.35. The Morgan fingerprint density at radius 1 is 1.13 bits per heavy atom. The molecule has 8 nitrogen and oxygen atoms in total. The summed E-state index contributed by atoms with van der Waals surface area (Å²) in [6.07, 6.45) is 2.67. The largest absolute Gasteiger partial charge is 0.497 e. The van der Waals surface area contributed by atoms with E-state index in [9.17, 15) is 9.59 Å². The number of esters is 1. The van der Waals surface area contributed by atoms with E-state index in [0.29, 0.717) is 13.0 Å². The SMILES string of the molecule is COC(=O)[C@H]1OC(C)(C)N(C(=O)OC(C)(C)C)[C@@H]1/C=C/CCOc1ccc(OC)cc1. The van der Waals surface area contributed by atoms with E-state index in [-0.39, 0.29) is 0 Å². The molecule has 2 atom stereocenters. The summed E-state index contributed by atoms with van der Waals surface area (Å²) < 4.78 is 27.1. The van der Waals surface area contributed by atoms with E-state index in [2.05, 4.69) is 0 Å². The quantitative estimate of drug-likeness (QED) is 0.364. The molecule has 0 unspecified atom stereocenters. The highest BCUT2D eigenvalue weighted by Gasteiger charge is 2.53. The van der Waals surface area contributed by atoms with Gasteiger partial charge in [-0.05, 0) is 65.3 Å². The van der Waals surface area contributed by atoms with E-state index in [4.69, 9.17) is 23.7 Å². The zero-order chi connectivity index (χ0) is 23.2. The summed E-state index contributed by atoms with van der Waals surface area (Å²) in [6.45, 7) is 9.21. The molecule has 1 aliphatic rings. The van der Waals surface area contributed by atoms with Crippen LogP contribution in [0.2, 0.25) is 0 Å². The second kappa shape index (κ2) is 10.0. The minimum Gasteiger partial charge on any atom is -0.497 e. The van der Waals surface area contributed by atoms with Gasteiger partial charge < -0.3 is 23.7 Å². The normalized spacial score (nSPS) is 20.5. The van der Waals surface area contributed by atoms with Gasteiger partial charge in [0.15, 0.2) is 6.10 Å². The van der Waals surface area contributed by atoms with Gasteiger partial charge in [0.1, 0.15) is 22.8 Å². The van der Waals surface area contributed by atoms with Crippen molar-refractivity contribution in [2.75, 3.05) is 20.8 Å². The van der Waals surface area contributed by atoms with Crippen molar-refractivity contribution < 1.29 is 33.3 Å². The maximum absolute atomic E-state index is 12.9. The van der Waals surface area contributed by atoms with Gasteiger partial charge >= 0.3 is 12.1 Å². The Kier molecular flexibility index (Phi) is 7.95. The van der Waals surface area contributed by atoms with Crippen LogP contribution in [-0.2, 0) is 19.0 Å². The zero-order valence-electron chi connectivity index (χ0n) is 19.3. The van der Waals surface area contributed by atoms with Crippen LogP contribution in [0.5, 0.6) is 11.5 Å². The van der Waals surface area contributed by atoms with Crippen LogP contribution in [0.25, 0.3) is 0 Å². The number of benzene rings is 1. The lowest BCUT2D eigenvalue weighted by atomic mass is 10.1. The van der Waals surface area contributed by atoms with Gasteiger partial charge in [-0.3, -0.25) is 4.90 Å². The second-order valence-electron chi connectivity index (χ2n) is 8.59. The Morgan fingerprint density at radius 3 is 2.29 bits per heavy atom. The minimum absolute atomic E-state index is 0.426. The summed E-state index contributed by atoms with van der Waals surface area (Å²) >= 11 is 0. The first kappa shape index (κ1) is 24.5. The molecule has 0 N–H and O–H groups in total. The van der Waals surface area contributed by atoms with Gasteiger partial charge in [0.05, 0.1) is 26.9 Å². The Morgan fingerprint density at radius 2 is 1.74 bits per heavy atom. The number of amides is 1. The minimum atomic E-state index is -1.05. The second-order valence-corrected chi connectivity index (χ2v) is 8.59. The standard InChI is InChI=1S/C23H33NO7/c1-22(2,3)31-21(26)24-18(19(20(25)28-7)30-23(24,4)5)10-8-9-15-29-17-13-11-16(27-6)12-14-17/h8,10-14,18-19H,9,15H2,1-7H3/b10-8+/t18-,19+/m1/s1. The monoisotopic (exact) mass is 435 g/mol. The lowest BCUT2D eigenvalue weighted by molar-refractivity contribution is -0.158. The van der Waals surface area contributed by atoms with E-state index >= 15 is 0 Å². The molecule has 0 spiro atoms. The van der Waals surface area contributed by atoms with E-state index in [1.807, 2.05) is 30.3 Å². The number of carbonyl (C=O) groups is 2. The molecule has 172 valence electrons. The summed E-state index contributed by atoms with van der Waals surface area (Å²) in [7, 11) is 2.90. The molecule has 1 aromatic carbocycles. The first-order chi connectivity index (χ1) is 14.5. The van der Waals surface area contributed by atoms with Gasteiger partial charge in [0, 0.05) is 0 Å². The van der Waals surface area contributed by atoms with Gasteiger partial charge in [0.2, 0.25) is 0 Å². The highest BCUT2D eigenvalue weighted by molar-refractivity contribution is 5.79. The van der Waals surface area contributed by atoms with Crippen molar-refractivity contribution in [1.82, 2.24) is 4.90 Å². The summed E-state index contributed by atoms with van der Waals surface area (Å²) in [5.41, 5.74) is -1.73. The fourth-order valence-corrected chi connectivity index (χ4v) is 3.23. The van der Waals surface area contributed by atoms with Crippen molar-refractivity contribution >= 4 is 12.1 Å². The van der Waals surface area contributed by atoms with Crippen LogP contribution >= 0.6 is 0 Å². The van der Waals surface area contributed by atoms with Crippen molar-refractivity contribution in [2.24, 2.45) is 0 Å². The molecular weight excluding hydrogens is 402 g/mol.